The maximum atomic E-state index is 4.48. The molecular formula is C17H23N3. The Morgan fingerprint density at radius 1 is 1.20 bits per heavy atom. The average molecular weight is 269 g/mol. The molecule has 1 aromatic carbocycles. The van der Waals surface area contributed by atoms with Gasteiger partial charge in [0, 0.05) is 18.4 Å². The first-order valence-corrected chi connectivity index (χ1v) is 7.71. The summed E-state index contributed by atoms with van der Waals surface area (Å²) in [7, 11) is 0. The third-order valence-electron chi connectivity index (χ3n) is 4.24. The normalized spacial score (nSPS) is 15.7. The van der Waals surface area contributed by atoms with Crippen molar-refractivity contribution >= 4 is 5.95 Å². The number of aromatic nitrogens is 2. The van der Waals surface area contributed by atoms with Gasteiger partial charge in [-0.2, -0.15) is 0 Å². The van der Waals surface area contributed by atoms with Crippen molar-refractivity contribution in [2.45, 2.75) is 51.6 Å². The van der Waals surface area contributed by atoms with Crippen LogP contribution >= 0.6 is 0 Å². The second kappa shape index (κ2) is 6.12. The Balaban J connectivity index is 1.75. The van der Waals surface area contributed by atoms with Crippen LogP contribution in [0.4, 0.5) is 5.95 Å². The van der Waals surface area contributed by atoms with Gasteiger partial charge in [-0.25, -0.2) is 4.98 Å². The van der Waals surface area contributed by atoms with Crippen LogP contribution in [0.5, 0.6) is 0 Å². The van der Waals surface area contributed by atoms with Gasteiger partial charge in [0.15, 0.2) is 0 Å². The molecule has 0 unspecified atom stereocenters. The lowest BCUT2D eigenvalue weighted by atomic mass is 10.1. The van der Waals surface area contributed by atoms with E-state index in [2.05, 4.69) is 52.3 Å². The first-order valence-electron chi connectivity index (χ1n) is 7.71. The fraction of sp³-hybridized carbons (Fsp3) is 0.471. The van der Waals surface area contributed by atoms with Crippen molar-refractivity contribution in [3.63, 3.8) is 0 Å². The van der Waals surface area contributed by atoms with Crippen molar-refractivity contribution in [3.8, 4) is 0 Å². The summed E-state index contributed by atoms with van der Waals surface area (Å²) >= 11 is 0. The van der Waals surface area contributed by atoms with E-state index in [1.807, 2.05) is 6.20 Å². The van der Waals surface area contributed by atoms with Gasteiger partial charge in [0.25, 0.3) is 0 Å². The van der Waals surface area contributed by atoms with Crippen LogP contribution in [0.25, 0.3) is 0 Å². The van der Waals surface area contributed by atoms with Gasteiger partial charge < -0.3 is 9.88 Å². The number of anilines is 1. The molecule has 0 saturated heterocycles. The molecule has 2 aromatic rings. The number of rotatable bonds is 5. The van der Waals surface area contributed by atoms with E-state index in [0.29, 0.717) is 6.04 Å². The molecular weight excluding hydrogens is 246 g/mol. The second-order valence-corrected chi connectivity index (χ2v) is 5.63. The van der Waals surface area contributed by atoms with Gasteiger partial charge in [-0.15, -0.1) is 0 Å². The summed E-state index contributed by atoms with van der Waals surface area (Å²) < 4.78 is 2.23. The van der Waals surface area contributed by atoms with E-state index in [4.69, 9.17) is 0 Å². The first kappa shape index (κ1) is 13.2. The molecule has 3 heteroatoms. The quantitative estimate of drug-likeness (QED) is 0.893. The lowest BCUT2D eigenvalue weighted by Gasteiger charge is -2.16. The molecule has 1 N–H and O–H groups in total. The monoisotopic (exact) mass is 269 g/mol. The Labute approximate surface area is 121 Å². The van der Waals surface area contributed by atoms with E-state index < -0.39 is 0 Å². The third-order valence-corrected chi connectivity index (χ3v) is 4.24. The Morgan fingerprint density at radius 3 is 2.70 bits per heavy atom. The molecule has 0 aliphatic heterocycles. The highest BCUT2D eigenvalue weighted by Gasteiger charge is 2.16. The SMILES string of the molecule is CCc1ccccc1Cn1ccnc1NC1CCCC1. The number of aryl methyl sites for hydroxylation is 1. The lowest BCUT2D eigenvalue weighted by Crippen LogP contribution is -2.18. The van der Waals surface area contributed by atoms with Gasteiger partial charge in [0.05, 0.1) is 6.54 Å². The van der Waals surface area contributed by atoms with Crippen molar-refractivity contribution in [2.75, 3.05) is 5.32 Å². The van der Waals surface area contributed by atoms with Crippen LogP contribution < -0.4 is 5.32 Å². The van der Waals surface area contributed by atoms with Crippen molar-refractivity contribution in [2.24, 2.45) is 0 Å². The van der Waals surface area contributed by atoms with Gasteiger partial charge in [0.1, 0.15) is 0 Å². The summed E-state index contributed by atoms with van der Waals surface area (Å²) in [6.45, 7) is 3.11. The fourth-order valence-corrected chi connectivity index (χ4v) is 3.07. The van der Waals surface area contributed by atoms with E-state index in [0.717, 1.165) is 18.9 Å². The zero-order valence-corrected chi connectivity index (χ0v) is 12.2. The Morgan fingerprint density at radius 2 is 1.95 bits per heavy atom. The highest BCUT2D eigenvalue weighted by atomic mass is 15.2. The molecule has 0 spiro atoms. The number of hydrogen-bond donors (Lipinski definition) is 1. The zero-order valence-electron chi connectivity index (χ0n) is 12.2. The van der Waals surface area contributed by atoms with Crippen LogP contribution in [0.15, 0.2) is 36.7 Å². The minimum absolute atomic E-state index is 0.609. The first-order chi connectivity index (χ1) is 9.86. The topological polar surface area (TPSA) is 29.9 Å². The van der Waals surface area contributed by atoms with Crippen LogP contribution in [0, 0.1) is 0 Å². The predicted molar refractivity (Wildman–Crippen MR) is 83.0 cm³/mol. The summed E-state index contributed by atoms with van der Waals surface area (Å²) in [5.41, 5.74) is 2.82. The van der Waals surface area contributed by atoms with Crippen LogP contribution in [-0.2, 0) is 13.0 Å². The predicted octanol–water partition coefficient (Wildman–Crippen LogP) is 3.85. The maximum absolute atomic E-state index is 4.48. The van der Waals surface area contributed by atoms with Crippen LogP contribution in [-0.4, -0.2) is 15.6 Å². The van der Waals surface area contributed by atoms with Crippen molar-refractivity contribution < 1.29 is 0 Å². The lowest BCUT2D eigenvalue weighted by molar-refractivity contribution is 0.714. The van der Waals surface area contributed by atoms with E-state index >= 15 is 0 Å². The fourth-order valence-electron chi connectivity index (χ4n) is 3.07. The van der Waals surface area contributed by atoms with E-state index in [1.165, 1.54) is 36.8 Å². The number of nitrogens with zero attached hydrogens (tertiary/aromatic N) is 2. The summed E-state index contributed by atoms with van der Waals surface area (Å²) in [6.07, 6.45) is 10.3. The summed E-state index contributed by atoms with van der Waals surface area (Å²) in [5.74, 6) is 1.02. The number of hydrogen-bond acceptors (Lipinski definition) is 2. The smallest absolute Gasteiger partial charge is 0.203 e. The molecule has 3 rings (SSSR count). The maximum Gasteiger partial charge on any atom is 0.203 e. The van der Waals surface area contributed by atoms with Gasteiger partial charge in [-0.05, 0) is 30.4 Å². The third kappa shape index (κ3) is 2.87. The molecule has 20 heavy (non-hydrogen) atoms. The number of nitrogens with one attached hydrogen (secondary N) is 1. The van der Waals surface area contributed by atoms with Crippen molar-refractivity contribution in [3.05, 3.63) is 47.8 Å². The van der Waals surface area contributed by atoms with E-state index in [1.54, 1.807) is 0 Å². The molecule has 0 atom stereocenters. The molecule has 1 saturated carbocycles. The van der Waals surface area contributed by atoms with E-state index in [9.17, 15) is 0 Å². The molecule has 1 aliphatic rings. The highest BCUT2D eigenvalue weighted by Crippen LogP contribution is 2.22. The molecule has 0 amide bonds. The van der Waals surface area contributed by atoms with Gasteiger partial charge in [-0.3, -0.25) is 0 Å². The molecule has 1 heterocycles. The summed E-state index contributed by atoms with van der Waals surface area (Å²) in [4.78, 5) is 4.48. The van der Waals surface area contributed by atoms with Crippen LogP contribution in [0.3, 0.4) is 0 Å². The summed E-state index contributed by atoms with van der Waals surface area (Å²) in [5, 5.41) is 3.60. The Bertz CT molecular complexity index is 553. The standard InChI is InChI=1S/C17H23N3/c1-2-14-7-3-4-8-15(14)13-20-12-11-18-17(20)19-16-9-5-6-10-16/h3-4,7-8,11-12,16H,2,5-6,9-10,13H2,1H3,(H,18,19). The number of benzene rings is 1. The number of imidazole rings is 1. The van der Waals surface area contributed by atoms with Crippen LogP contribution in [0.1, 0.15) is 43.7 Å². The Hall–Kier alpha value is -1.77. The second-order valence-electron chi connectivity index (χ2n) is 5.63. The minimum Gasteiger partial charge on any atom is -0.353 e. The molecule has 3 nitrogen and oxygen atoms in total. The van der Waals surface area contributed by atoms with Crippen molar-refractivity contribution in [1.82, 2.24) is 9.55 Å². The molecule has 0 radical (unpaired) electrons. The molecule has 1 aliphatic carbocycles. The summed E-state index contributed by atoms with van der Waals surface area (Å²) in [6, 6.07) is 9.29. The molecule has 106 valence electrons. The Kier molecular flexibility index (Phi) is 4.05. The zero-order chi connectivity index (χ0) is 13.8. The van der Waals surface area contributed by atoms with Gasteiger partial charge in [-0.1, -0.05) is 44.0 Å². The van der Waals surface area contributed by atoms with Gasteiger partial charge >= 0.3 is 0 Å². The van der Waals surface area contributed by atoms with E-state index in [-0.39, 0.29) is 0 Å². The van der Waals surface area contributed by atoms with Crippen molar-refractivity contribution in [1.29, 1.82) is 0 Å². The largest absolute Gasteiger partial charge is 0.353 e. The minimum atomic E-state index is 0.609. The molecule has 1 aromatic heterocycles. The molecule has 1 fully saturated rings. The highest BCUT2D eigenvalue weighted by molar-refractivity contribution is 5.32. The van der Waals surface area contributed by atoms with Crippen LogP contribution in [0.2, 0.25) is 0 Å². The van der Waals surface area contributed by atoms with Gasteiger partial charge in [0.2, 0.25) is 5.95 Å². The average Bonchev–Trinajstić information content (AvgIpc) is 3.13. The molecule has 0 bridgehead atoms.